The van der Waals surface area contributed by atoms with Crippen LogP contribution in [0.4, 0.5) is 0 Å². The van der Waals surface area contributed by atoms with Crippen molar-refractivity contribution in [3.05, 3.63) is 0 Å². The highest BCUT2D eigenvalue weighted by Crippen LogP contribution is 2.24. The first kappa shape index (κ1) is 7.07. The van der Waals surface area contributed by atoms with Crippen LogP contribution >= 0.6 is 0 Å². The molecule has 0 heterocycles. The molecule has 0 aromatic heterocycles. The molecule has 1 fully saturated rings. The molecule has 2 atom stereocenters. The van der Waals surface area contributed by atoms with Crippen LogP contribution in [0.2, 0.25) is 0 Å². The zero-order valence-corrected chi connectivity index (χ0v) is 6.48. The van der Waals surface area contributed by atoms with Gasteiger partial charge in [0.1, 0.15) is 0 Å². The van der Waals surface area contributed by atoms with Crippen molar-refractivity contribution in [2.45, 2.75) is 39.2 Å². The van der Waals surface area contributed by atoms with Gasteiger partial charge in [-0.25, -0.2) is 0 Å². The van der Waals surface area contributed by atoms with E-state index in [0.29, 0.717) is 0 Å². The van der Waals surface area contributed by atoms with E-state index in [1.54, 1.807) is 0 Å². The Hall–Kier alpha value is -0.0400. The first-order chi connectivity index (χ1) is 4.34. The van der Waals surface area contributed by atoms with Crippen molar-refractivity contribution in [3.8, 4) is 0 Å². The summed E-state index contributed by atoms with van der Waals surface area (Å²) in [6.45, 7) is 5.67. The zero-order valence-electron chi connectivity index (χ0n) is 6.48. The lowest BCUT2D eigenvalue weighted by atomic mass is 10.1. The molecule has 1 heteroatoms. The van der Waals surface area contributed by atoms with Gasteiger partial charge in [-0.3, -0.25) is 0 Å². The molecule has 0 saturated heterocycles. The van der Waals surface area contributed by atoms with Crippen molar-refractivity contribution in [3.63, 3.8) is 0 Å². The Balaban J connectivity index is 2.22. The third-order valence-electron chi connectivity index (χ3n) is 2.33. The second-order valence-electron chi connectivity index (χ2n) is 3.07. The highest BCUT2D eigenvalue weighted by molar-refractivity contribution is 4.79. The average molecular weight is 127 g/mol. The summed E-state index contributed by atoms with van der Waals surface area (Å²) in [6, 6.07) is 0.829. The van der Waals surface area contributed by atoms with Gasteiger partial charge in [-0.05, 0) is 25.3 Å². The lowest BCUT2D eigenvalue weighted by Gasteiger charge is -2.14. The highest BCUT2D eigenvalue weighted by atomic mass is 14.9. The Morgan fingerprint density at radius 1 is 1.44 bits per heavy atom. The molecule has 1 N–H and O–H groups in total. The van der Waals surface area contributed by atoms with Gasteiger partial charge < -0.3 is 5.32 Å². The van der Waals surface area contributed by atoms with Gasteiger partial charge in [-0.2, -0.15) is 0 Å². The summed E-state index contributed by atoms with van der Waals surface area (Å²) >= 11 is 0. The standard InChI is InChI=1S/C8H17N/c1-3-9-8-6-4-5-7(8)2/h7-9H,3-6H2,1-2H3. The molecule has 54 valence electrons. The molecule has 1 aliphatic rings. The van der Waals surface area contributed by atoms with Crippen LogP contribution in [0.3, 0.4) is 0 Å². The third kappa shape index (κ3) is 1.68. The SMILES string of the molecule is CCNC1CCCC1C. The van der Waals surface area contributed by atoms with Crippen molar-refractivity contribution in [2.24, 2.45) is 5.92 Å². The van der Waals surface area contributed by atoms with Crippen LogP contribution in [0.5, 0.6) is 0 Å². The number of hydrogen-bond acceptors (Lipinski definition) is 1. The van der Waals surface area contributed by atoms with Gasteiger partial charge in [0.15, 0.2) is 0 Å². The maximum absolute atomic E-state index is 3.49. The summed E-state index contributed by atoms with van der Waals surface area (Å²) in [5.41, 5.74) is 0. The van der Waals surface area contributed by atoms with E-state index in [1.807, 2.05) is 0 Å². The minimum atomic E-state index is 0.829. The smallest absolute Gasteiger partial charge is 0.00925 e. The number of nitrogens with one attached hydrogen (secondary N) is 1. The summed E-state index contributed by atoms with van der Waals surface area (Å²) < 4.78 is 0. The maximum Gasteiger partial charge on any atom is 0.00925 e. The van der Waals surface area contributed by atoms with Gasteiger partial charge in [0.05, 0.1) is 0 Å². The fourth-order valence-electron chi connectivity index (χ4n) is 1.71. The third-order valence-corrected chi connectivity index (χ3v) is 2.33. The summed E-state index contributed by atoms with van der Waals surface area (Å²) in [5.74, 6) is 0.921. The van der Waals surface area contributed by atoms with Crippen molar-refractivity contribution in [1.29, 1.82) is 0 Å². The van der Waals surface area contributed by atoms with Crippen molar-refractivity contribution >= 4 is 0 Å². The Bertz CT molecular complexity index is 80.6. The lowest BCUT2D eigenvalue weighted by molar-refractivity contribution is 0.437. The Kier molecular flexibility index (Phi) is 2.52. The Morgan fingerprint density at radius 2 is 2.22 bits per heavy atom. The van der Waals surface area contributed by atoms with Crippen molar-refractivity contribution < 1.29 is 0 Å². The molecule has 9 heavy (non-hydrogen) atoms. The van der Waals surface area contributed by atoms with E-state index in [-0.39, 0.29) is 0 Å². The predicted octanol–water partition coefficient (Wildman–Crippen LogP) is 1.78. The van der Waals surface area contributed by atoms with Gasteiger partial charge in [0, 0.05) is 6.04 Å². The molecule has 1 rings (SSSR count). The fraction of sp³-hybridized carbons (Fsp3) is 1.00. The van der Waals surface area contributed by atoms with Gasteiger partial charge in [-0.1, -0.05) is 20.3 Å². The van der Waals surface area contributed by atoms with Gasteiger partial charge >= 0.3 is 0 Å². The van der Waals surface area contributed by atoms with Crippen LogP contribution in [-0.4, -0.2) is 12.6 Å². The number of hydrogen-bond donors (Lipinski definition) is 1. The molecule has 1 nitrogen and oxygen atoms in total. The Labute approximate surface area is 57.8 Å². The summed E-state index contributed by atoms with van der Waals surface area (Å²) in [4.78, 5) is 0. The molecule has 2 unspecified atom stereocenters. The van der Waals surface area contributed by atoms with Crippen LogP contribution in [0.25, 0.3) is 0 Å². The van der Waals surface area contributed by atoms with Crippen LogP contribution in [0.1, 0.15) is 33.1 Å². The lowest BCUT2D eigenvalue weighted by Crippen LogP contribution is -2.30. The fourth-order valence-corrected chi connectivity index (χ4v) is 1.71. The zero-order chi connectivity index (χ0) is 6.69. The molecule has 1 saturated carbocycles. The summed E-state index contributed by atoms with van der Waals surface area (Å²) in [5, 5.41) is 3.49. The van der Waals surface area contributed by atoms with E-state index in [9.17, 15) is 0 Å². The predicted molar refractivity (Wildman–Crippen MR) is 40.5 cm³/mol. The van der Waals surface area contributed by atoms with E-state index in [2.05, 4.69) is 19.2 Å². The van der Waals surface area contributed by atoms with Crippen LogP contribution in [0.15, 0.2) is 0 Å². The summed E-state index contributed by atoms with van der Waals surface area (Å²) in [7, 11) is 0. The molecular formula is C8H17N. The molecule has 1 aliphatic carbocycles. The first-order valence-corrected chi connectivity index (χ1v) is 4.08. The van der Waals surface area contributed by atoms with Crippen LogP contribution in [-0.2, 0) is 0 Å². The topological polar surface area (TPSA) is 12.0 Å². The van der Waals surface area contributed by atoms with Gasteiger partial charge in [0.2, 0.25) is 0 Å². The van der Waals surface area contributed by atoms with E-state index < -0.39 is 0 Å². The number of rotatable bonds is 2. The van der Waals surface area contributed by atoms with Crippen LogP contribution in [0, 0.1) is 5.92 Å². The van der Waals surface area contributed by atoms with E-state index in [0.717, 1.165) is 18.5 Å². The molecule has 0 radical (unpaired) electrons. The Morgan fingerprint density at radius 3 is 2.67 bits per heavy atom. The molecule has 0 aromatic rings. The highest BCUT2D eigenvalue weighted by Gasteiger charge is 2.21. The van der Waals surface area contributed by atoms with Crippen LogP contribution < -0.4 is 5.32 Å². The molecule has 0 aromatic carbocycles. The van der Waals surface area contributed by atoms with Crippen molar-refractivity contribution in [1.82, 2.24) is 5.32 Å². The first-order valence-electron chi connectivity index (χ1n) is 4.08. The molecule has 0 spiro atoms. The minimum Gasteiger partial charge on any atom is -0.314 e. The molecular weight excluding hydrogens is 110 g/mol. The van der Waals surface area contributed by atoms with Gasteiger partial charge in [0.25, 0.3) is 0 Å². The van der Waals surface area contributed by atoms with E-state index in [1.165, 1.54) is 19.3 Å². The average Bonchev–Trinajstić information content (AvgIpc) is 2.18. The van der Waals surface area contributed by atoms with E-state index in [4.69, 9.17) is 0 Å². The quantitative estimate of drug-likeness (QED) is 0.596. The minimum absolute atomic E-state index is 0.829. The second-order valence-corrected chi connectivity index (χ2v) is 3.07. The molecule has 0 bridgehead atoms. The molecule has 0 amide bonds. The van der Waals surface area contributed by atoms with E-state index >= 15 is 0 Å². The largest absolute Gasteiger partial charge is 0.314 e. The normalized spacial score (nSPS) is 35.3. The van der Waals surface area contributed by atoms with Crippen molar-refractivity contribution in [2.75, 3.05) is 6.54 Å². The summed E-state index contributed by atoms with van der Waals surface area (Å²) in [6.07, 6.45) is 4.26. The maximum atomic E-state index is 3.49. The second kappa shape index (κ2) is 3.21. The van der Waals surface area contributed by atoms with Gasteiger partial charge in [-0.15, -0.1) is 0 Å². The monoisotopic (exact) mass is 127 g/mol. The molecule has 0 aliphatic heterocycles.